The van der Waals surface area contributed by atoms with Gasteiger partial charge in [-0.05, 0) is 43.0 Å². The van der Waals surface area contributed by atoms with Crippen LogP contribution in [0.2, 0.25) is 0 Å². The molecule has 0 aliphatic rings. The first-order valence-corrected chi connectivity index (χ1v) is 6.98. The maximum absolute atomic E-state index is 14.0. The van der Waals surface area contributed by atoms with Crippen molar-refractivity contribution in [1.29, 1.82) is 0 Å². The lowest BCUT2D eigenvalue weighted by Gasteiger charge is -2.15. The van der Waals surface area contributed by atoms with Gasteiger partial charge in [0, 0.05) is 12.1 Å². The topological polar surface area (TPSA) is 35.2 Å². The standard InChI is InChI=1S/C17H19F2NO/c1-3-13(20)9-12-5-4-6-15(18)17(12)21-14-8-7-11(2)16(19)10-14/h4-8,10,13H,3,9,20H2,1-2H3. The first-order valence-electron chi connectivity index (χ1n) is 6.98. The Morgan fingerprint density at radius 2 is 1.90 bits per heavy atom. The number of ether oxygens (including phenoxy) is 1. The third kappa shape index (κ3) is 3.79. The van der Waals surface area contributed by atoms with Crippen LogP contribution < -0.4 is 10.5 Å². The minimum Gasteiger partial charge on any atom is -0.454 e. The summed E-state index contributed by atoms with van der Waals surface area (Å²) in [5.41, 5.74) is 7.13. The minimum absolute atomic E-state index is 0.0658. The molecule has 1 unspecified atom stereocenters. The number of hydrogen-bond acceptors (Lipinski definition) is 2. The highest BCUT2D eigenvalue weighted by molar-refractivity contribution is 5.40. The first-order chi connectivity index (χ1) is 10.0. The molecule has 0 aromatic heterocycles. The van der Waals surface area contributed by atoms with Gasteiger partial charge >= 0.3 is 0 Å². The fraction of sp³-hybridized carbons (Fsp3) is 0.294. The largest absolute Gasteiger partial charge is 0.454 e. The summed E-state index contributed by atoms with van der Waals surface area (Å²) in [7, 11) is 0. The summed E-state index contributed by atoms with van der Waals surface area (Å²) >= 11 is 0. The summed E-state index contributed by atoms with van der Waals surface area (Å²) in [5.74, 6) is -0.466. The summed E-state index contributed by atoms with van der Waals surface area (Å²) in [6.07, 6.45) is 1.30. The maximum atomic E-state index is 14.0. The van der Waals surface area contributed by atoms with Crippen LogP contribution in [0.1, 0.15) is 24.5 Å². The number of halogens is 2. The van der Waals surface area contributed by atoms with E-state index in [0.717, 1.165) is 6.42 Å². The van der Waals surface area contributed by atoms with E-state index in [0.29, 0.717) is 17.5 Å². The van der Waals surface area contributed by atoms with Crippen molar-refractivity contribution in [2.45, 2.75) is 32.7 Å². The normalized spacial score (nSPS) is 12.2. The Bertz CT molecular complexity index is 628. The molecule has 0 saturated heterocycles. The Morgan fingerprint density at radius 1 is 1.14 bits per heavy atom. The first kappa shape index (κ1) is 15.4. The van der Waals surface area contributed by atoms with E-state index in [9.17, 15) is 8.78 Å². The van der Waals surface area contributed by atoms with Gasteiger partial charge in [-0.15, -0.1) is 0 Å². The summed E-state index contributed by atoms with van der Waals surface area (Å²) in [6.45, 7) is 3.63. The molecule has 0 bridgehead atoms. The highest BCUT2D eigenvalue weighted by Crippen LogP contribution is 2.30. The summed E-state index contributed by atoms with van der Waals surface area (Å²) in [5, 5.41) is 0. The van der Waals surface area contributed by atoms with Gasteiger partial charge in [-0.3, -0.25) is 0 Å². The Kier molecular flexibility index (Phi) is 4.91. The van der Waals surface area contributed by atoms with E-state index in [-0.39, 0.29) is 23.4 Å². The van der Waals surface area contributed by atoms with Gasteiger partial charge in [0.25, 0.3) is 0 Å². The molecule has 2 N–H and O–H groups in total. The highest BCUT2D eigenvalue weighted by Gasteiger charge is 2.14. The van der Waals surface area contributed by atoms with E-state index in [1.165, 1.54) is 12.1 Å². The van der Waals surface area contributed by atoms with Crippen molar-refractivity contribution in [3.8, 4) is 11.5 Å². The van der Waals surface area contributed by atoms with Crippen molar-refractivity contribution in [1.82, 2.24) is 0 Å². The number of para-hydroxylation sites is 1. The number of benzene rings is 2. The van der Waals surface area contributed by atoms with E-state index in [2.05, 4.69) is 0 Å². The maximum Gasteiger partial charge on any atom is 0.166 e. The molecule has 1 atom stereocenters. The van der Waals surface area contributed by atoms with Gasteiger partial charge in [0.2, 0.25) is 0 Å². The number of nitrogens with two attached hydrogens (primary N) is 1. The second-order valence-electron chi connectivity index (χ2n) is 5.11. The smallest absolute Gasteiger partial charge is 0.166 e. The fourth-order valence-corrected chi connectivity index (χ4v) is 2.01. The van der Waals surface area contributed by atoms with Crippen LogP contribution in [-0.4, -0.2) is 6.04 Å². The number of aryl methyl sites for hydroxylation is 1. The van der Waals surface area contributed by atoms with Crippen LogP contribution in [0, 0.1) is 18.6 Å². The lowest BCUT2D eigenvalue weighted by Crippen LogP contribution is -2.21. The molecule has 112 valence electrons. The molecule has 2 aromatic rings. The zero-order valence-electron chi connectivity index (χ0n) is 12.2. The zero-order valence-corrected chi connectivity index (χ0v) is 12.2. The molecule has 2 nitrogen and oxygen atoms in total. The SMILES string of the molecule is CCC(N)Cc1cccc(F)c1Oc1ccc(C)c(F)c1. The lowest BCUT2D eigenvalue weighted by molar-refractivity contribution is 0.430. The summed E-state index contributed by atoms with van der Waals surface area (Å²) in [6, 6.07) is 9.13. The number of hydrogen-bond donors (Lipinski definition) is 1. The van der Waals surface area contributed by atoms with Crippen LogP contribution in [0.4, 0.5) is 8.78 Å². The second kappa shape index (κ2) is 6.68. The molecule has 0 heterocycles. The van der Waals surface area contributed by atoms with E-state index < -0.39 is 5.82 Å². The lowest BCUT2D eigenvalue weighted by atomic mass is 10.0. The summed E-state index contributed by atoms with van der Waals surface area (Å²) in [4.78, 5) is 0. The van der Waals surface area contributed by atoms with Crippen molar-refractivity contribution in [3.05, 3.63) is 59.2 Å². The molecule has 0 amide bonds. The average Bonchev–Trinajstić information content (AvgIpc) is 2.46. The molecule has 0 aliphatic heterocycles. The molecule has 2 aromatic carbocycles. The number of rotatable bonds is 5. The molecule has 0 saturated carbocycles. The molecule has 0 radical (unpaired) electrons. The predicted molar refractivity (Wildman–Crippen MR) is 79.6 cm³/mol. The van der Waals surface area contributed by atoms with Crippen LogP contribution in [0.5, 0.6) is 11.5 Å². The molecule has 21 heavy (non-hydrogen) atoms. The van der Waals surface area contributed by atoms with E-state index in [1.54, 1.807) is 31.2 Å². The molecule has 0 aliphatic carbocycles. The van der Waals surface area contributed by atoms with E-state index >= 15 is 0 Å². The van der Waals surface area contributed by atoms with E-state index in [1.807, 2.05) is 6.92 Å². The van der Waals surface area contributed by atoms with Crippen molar-refractivity contribution < 1.29 is 13.5 Å². The third-order valence-electron chi connectivity index (χ3n) is 3.42. The van der Waals surface area contributed by atoms with Gasteiger partial charge in [-0.2, -0.15) is 0 Å². The quantitative estimate of drug-likeness (QED) is 0.889. The Hall–Kier alpha value is -1.94. The minimum atomic E-state index is -0.475. The Balaban J connectivity index is 2.31. The molecular formula is C17H19F2NO. The summed E-state index contributed by atoms with van der Waals surface area (Å²) < 4.78 is 33.1. The molecule has 0 fully saturated rings. The van der Waals surface area contributed by atoms with Crippen LogP contribution in [0.25, 0.3) is 0 Å². The predicted octanol–water partition coefficient (Wildman–Crippen LogP) is 4.35. The van der Waals surface area contributed by atoms with Gasteiger partial charge in [-0.25, -0.2) is 8.78 Å². The highest BCUT2D eigenvalue weighted by atomic mass is 19.1. The molecule has 4 heteroatoms. The average molecular weight is 291 g/mol. The molecule has 0 spiro atoms. The van der Waals surface area contributed by atoms with Crippen molar-refractivity contribution in [2.24, 2.45) is 5.73 Å². The van der Waals surface area contributed by atoms with Crippen LogP contribution in [-0.2, 0) is 6.42 Å². The van der Waals surface area contributed by atoms with Gasteiger partial charge in [0.05, 0.1) is 0 Å². The van der Waals surface area contributed by atoms with Gasteiger partial charge in [-0.1, -0.05) is 25.1 Å². The van der Waals surface area contributed by atoms with Crippen LogP contribution in [0.15, 0.2) is 36.4 Å². The third-order valence-corrected chi connectivity index (χ3v) is 3.42. The van der Waals surface area contributed by atoms with Gasteiger partial charge < -0.3 is 10.5 Å². The van der Waals surface area contributed by atoms with Gasteiger partial charge in [0.1, 0.15) is 11.6 Å². The van der Waals surface area contributed by atoms with Crippen molar-refractivity contribution in [3.63, 3.8) is 0 Å². The monoisotopic (exact) mass is 291 g/mol. The fourth-order valence-electron chi connectivity index (χ4n) is 2.01. The Labute approximate surface area is 123 Å². The van der Waals surface area contributed by atoms with Crippen LogP contribution in [0.3, 0.4) is 0 Å². The molecular weight excluding hydrogens is 272 g/mol. The molecule has 2 rings (SSSR count). The van der Waals surface area contributed by atoms with Crippen LogP contribution >= 0.6 is 0 Å². The Morgan fingerprint density at radius 3 is 2.57 bits per heavy atom. The van der Waals surface area contributed by atoms with Crippen molar-refractivity contribution in [2.75, 3.05) is 0 Å². The second-order valence-corrected chi connectivity index (χ2v) is 5.11. The van der Waals surface area contributed by atoms with E-state index in [4.69, 9.17) is 10.5 Å². The zero-order chi connectivity index (χ0) is 15.4. The van der Waals surface area contributed by atoms with Gasteiger partial charge in [0.15, 0.2) is 11.6 Å². The van der Waals surface area contributed by atoms with Crippen molar-refractivity contribution >= 4 is 0 Å².